The van der Waals surface area contributed by atoms with Crippen molar-refractivity contribution in [2.45, 2.75) is 31.3 Å². The summed E-state index contributed by atoms with van der Waals surface area (Å²) in [6, 6.07) is 13.0. The van der Waals surface area contributed by atoms with Crippen LogP contribution in [0.1, 0.15) is 30.6 Å². The third-order valence-corrected chi connectivity index (χ3v) is 5.93. The minimum atomic E-state index is -4.07. The van der Waals surface area contributed by atoms with Gasteiger partial charge in [0.15, 0.2) is 0 Å². The van der Waals surface area contributed by atoms with Crippen LogP contribution in [0.25, 0.3) is 10.8 Å². The normalized spacial score (nSPS) is 12.5. The number of anilines is 1. The molecule has 1 unspecified atom stereocenters. The van der Waals surface area contributed by atoms with Gasteiger partial charge in [-0.2, -0.15) is 0 Å². The number of carbonyl (C=O) groups is 1. The molecule has 0 aliphatic carbocycles. The number of halogens is 1. The predicted octanol–water partition coefficient (Wildman–Crippen LogP) is 4.66. The van der Waals surface area contributed by atoms with Gasteiger partial charge in [0.1, 0.15) is 11.6 Å². The molecule has 0 bridgehead atoms. The van der Waals surface area contributed by atoms with Crippen molar-refractivity contribution in [3.63, 3.8) is 0 Å². The number of rotatable bonds is 7. The number of hydrogen-bond donors (Lipinski definition) is 2. The maximum absolute atomic E-state index is 13.6. The van der Waals surface area contributed by atoms with Gasteiger partial charge < -0.3 is 9.84 Å². The zero-order valence-corrected chi connectivity index (χ0v) is 16.7. The number of aromatic carboxylic acids is 1. The van der Waals surface area contributed by atoms with Gasteiger partial charge >= 0.3 is 5.97 Å². The second kappa shape index (κ2) is 8.08. The second-order valence-electron chi connectivity index (χ2n) is 6.55. The van der Waals surface area contributed by atoms with Crippen LogP contribution in [0.5, 0.6) is 5.75 Å². The van der Waals surface area contributed by atoms with E-state index in [1.165, 1.54) is 12.1 Å². The highest BCUT2D eigenvalue weighted by atomic mass is 32.2. The van der Waals surface area contributed by atoms with Crippen LogP contribution in [0.15, 0.2) is 59.5 Å². The zero-order valence-electron chi connectivity index (χ0n) is 15.8. The lowest BCUT2D eigenvalue weighted by atomic mass is 10.1. The summed E-state index contributed by atoms with van der Waals surface area (Å²) in [4.78, 5) is 11.1. The second-order valence-corrected chi connectivity index (χ2v) is 8.20. The van der Waals surface area contributed by atoms with Crippen molar-refractivity contribution in [1.82, 2.24) is 0 Å². The van der Waals surface area contributed by atoms with Gasteiger partial charge in [-0.3, -0.25) is 4.72 Å². The lowest BCUT2D eigenvalue weighted by Gasteiger charge is -2.17. The van der Waals surface area contributed by atoms with E-state index in [1.54, 1.807) is 30.3 Å². The van der Waals surface area contributed by atoms with Gasteiger partial charge in [0.25, 0.3) is 10.0 Å². The summed E-state index contributed by atoms with van der Waals surface area (Å²) >= 11 is 0. The van der Waals surface area contributed by atoms with Gasteiger partial charge in [0.05, 0.1) is 16.6 Å². The van der Waals surface area contributed by atoms with Gasteiger partial charge in [-0.15, -0.1) is 0 Å². The summed E-state index contributed by atoms with van der Waals surface area (Å²) < 4.78 is 47.8. The first kappa shape index (κ1) is 20.6. The zero-order chi connectivity index (χ0) is 21.2. The van der Waals surface area contributed by atoms with Gasteiger partial charge in [0.2, 0.25) is 0 Å². The SMILES string of the molecule is CCC(C)Oc1ccc(S(=O)(=O)Nc2ccc(F)c(C(=O)O)c2)c2ccccc12. The maximum Gasteiger partial charge on any atom is 0.338 e. The number of sulfonamides is 1. The van der Waals surface area contributed by atoms with Crippen molar-refractivity contribution in [2.24, 2.45) is 0 Å². The van der Waals surface area contributed by atoms with Gasteiger partial charge in [-0.05, 0) is 43.7 Å². The molecule has 3 rings (SSSR count). The van der Waals surface area contributed by atoms with Crippen molar-refractivity contribution in [3.8, 4) is 5.75 Å². The van der Waals surface area contributed by atoms with Crippen LogP contribution in [0.4, 0.5) is 10.1 Å². The highest BCUT2D eigenvalue weighted by molar-refractivity contribution is 7.93. The Balaban J connectivity index is 2.05. The fourth-order valence-electron chi connectivity index (χ4n) is 2.84. The first-order valence-corrected chi connectivity index (χ1v) is 10.5. The molecule has 0 amide bonds. The summed E-state index contributed by atoms with van der Waals surface area (Å²) in [5, 5.41) is 10.1. The minimum Gasteiger partial charge on any atom is -0.490 e. The predicted molar refractivity (Wildman–Crippen MR) is 108 cm³/mol. The Morgan fingerprint density at radius 3 is 2.48 bits per heavy atom. The topological polar surface area (TPSA) is 92.7 Å². The third-order valence-electron chi connectivity index (χ3n) is 4.49. The molecule has 0 aliphatic heterocycles. The number of carboxylic acid groups (broad SMARTS) is 1. The standard InChI is InChI=1S/C21H20FNO5S/c1-3-13(2)28-19-10-11-20(16-7-5-4-6-15(16)19)29(26,27)23-14-8-9-18(22)17(12-14)21(24)25/h4-13,23H,3H2,1-2H3,(H,24,25). The van der Waals surface area contributed by atoms with Crippen LogP contribution in [0.2, 0.25) is 0 Å². The molecular formula is C21H20FNO5S. The first-order chi connectivity index (χ1) is 13.7. The van der Waals surface area contributed by atoms with Crippen LogP contribution in [0.3, 0.4) is 0 Å². The molecule has 3 aromatic carbocycles. The molecule has 6 nitrogen and oxygen atoms in total. The van der Waals surface area contributed by atoms with E-state index in [9.17, 15) is 17.6 Å². The van der Waals surface area contributed by atoms with Crippen LogP contribution < -0.4 is 9.46 Å². The van der Waals surface area contributed by atoms with E-state index in [2.05, 4.69) is 4.72 Å². The Morgan fingerprint density at radius 1 is 1.14 bits per heavy atom. The first-order valence-electron chi connectivity index (χ1n) is 8.97. The quantitative estimate of drug-likeness (QED) is 0.583. The average Bonchev–Trinajstić information content (AvgIpc) is 2.69. The fourth-order valence-corrected chi connectivity index (χ4v) is 4.11. The lowest BCUT2D eigenvalue weighted by Crippen LogP contribution is -2.15. The molecule has 152 valence electrons. The minimum absolute atomic E-state index is 0.00537. The molecule has 0 saturated heterocycles. The molecule has 29 heavy (non-hydrogen) atoms. The van der Waals surface area contributed by atoms with Crippen LogP contribution in [-0.2, 0) is 10.0 Å². The Bertz CT molecular complexity index is 1180. The highest BCUT2D eigenvalue weighted by Gasteiger charge is 2.21. The van der Waals surface area contributed by atoms with E-state index in [0.29, 0.717) is 16.5 Å². The molecule has 8 heteroatoms. The monoisotopic (exact) mass is 417 g/mol. The number of hydrogen-bond acceptors (Lipinski definition) is 4. The molecule has 0 aliphatic rings. The number of ether oxygens (including phenoxy) is 1. The number of benzene rings is 3. The molecule has 3 aromatic rings. The molecule has 0 fully saturated rings. The van der Waals surface area contributed by atoms with Crippen LogP contribution in [0, 0.1) is 5.82 Å². The number of nitrogens with one attached hydrogen (secondary N) is 1. The van der Waals surface area contributed by atoms with Crippen LogP contribution >= 0.6 is 0 Å². The largest absolute Gasteiger partial charge is 0.490 e. The van der Waals surface area contributed by atoms with E-state index in [-0.39, 0.29) is 16.7 Å². The molecule has 0 spiro atoms. The lowest BCUT2D eigenvalue weighted by molar-refractivity contribution is 0.0692. The van der Waals surface area contributed by atoms with E-state index in [1.807, 2.05) is 13.8 Å². The average molecular weight is 417 g/mol. The summed E-state index contributed by atoms with van der Waals surface area (Å²) in [5.74, 6) is -1.86. The molecule has 1 atom stereocenters. The number of carboxylic acids is 1. The molecule has 0 heterocycles. The highest BCUT2D eigenvalue weighted by Crippen LogP contribution is 2.33. The summed E-state index contributed by atoms with van der Waals surface area (Å²) in [6.07, 6.45) is 0.763. The summed E-state index contributed by atoms with van der Waals surface area (Å²) in [7, 11) is -4.07. The summed E-state index contributed by atoms with van der Waals surface area (Å²) in [5.41, 5.74) is -0.667. The maximum atomic E-state index is 13.6. The fraction of sp³-hybridized carbons (Fsp3) is 0.190. The molecule has 0 radical (unpaired) electrons. The van der Waals surface area contributed by atoms with Crippen molar-refractivity contribution in [1.29, 1.82) is 0 Å². The smallest absolute Gasteiger partial charge is 0.338 e. The molecule has 2 N–H and O–H groups in total. The van der Waals surface area contributed by atoms with E-state index in [4.69, 9.17) is 9.84 Å². The Morgan fingerprint density at radius 2 is 1.83 bits per heavy atom. The third kappa shape index (κ3) is 4.32. The van der Waals surface area contributed by atoms with Crippen molar-refractivity contribution in [2.75, 3.05) is 4.72 Å². The van der Waals surface area contributed by atoms with Gasteiger partial charge in [-0.25, -0.2) is 17.6 Å². The molecule has 0 aromatic heterocycles. The van der Waals surface area contributed by atoms with E-state index < -0.39 is 27.4 Å². The van der Waals surface area contributed by atoms with Crippen LogP contribution in [-0.4, -0.2) is 25.6 Å². The van der Waals surface area contributed by atoms with Crippen molar-refractivity contribution >= 4 is 32.5 Å². The van der Waals surface area contributed by atoms with Crippen molar-refractivity contribution in [3.05, 3.63) is 66.0 Å². The van der Waals surface area contributed by atoms with Gasteiger partial charge in [-0.1, -0.05) is 31.2 Å². The molecule has 0 saturated carbocycles. The van der Waals surface area contributed by atoms with Gasteiger partial charge in [0, 0.05) is 16.5 Å². The van der Waals surface area contributed by atoms with E-state index >= 15 is 0 Å². The summed E-state index contributed by atoms with van der Waals surface area (Å²) in [6.45, 7) is 3.92. The number of fused-ring (bicyclic) bond motifs is 1. The Labute approximate surface area is 168 Å². The Kier molecular flexibility index (Phi) is 5.74. The molecular weight excluding hydrogens is 397 g/mol. The Hall–Kier alpha value is -3.13. The van der Waals surface area contributed by atoms with Crippen molar-refractivity contribution < 1.29 is 27.4 Å². The van der Waals surface area contributed by atoms with E-state index in [0.717, 1.165) is 18.6 Å².